The summed E-state index contributed by atoms with van der Waals surface area (Å²) < 4.78 is 33.4. The summed E-state index contributed by atoms with van der Waals surface area (Å²) >= 11 is 3.28. The Morgan fingerprint density at radius 1 is 1.43 bits per heavy atom. The van der Waals surface area contributed by atoms with E-state index < -0.39 is 10.0 Å². The van der Waals surface area contributed by atoms with Crippen LogP contribution in [0.15, 0.2) is 44.3 Å². The van der Waals surface area contributed by atoms with Crippen LogP contribution < -0.4 is 10.5 Å². The molecule has 0 aliphatic heterocycles. The largest absolute Gasteiger partial charge is 0.469 e. The third-order valence-electron chi connectivity index (χ3n) is 3.03. The molecule has 0 fully saturated rings. The van der Waals surface area contributed by atoms with Crippen LogP contribution in [0.3, 0.4) is 0 Å². The Bertz CT molecular complexity index is 727. The van der Waals surface area contributed by atoms with Crippen molar-refractivity contribution in [3.05, 3.63) is 46.3 Å². The van der Waals surface area contributed by atoms with Gasteiger partial charge in [0.2, 0.25) is 10.0 Å². The number of halogens is 1. The van der Waals surface area contributed by atoms with E-state index in [1.165, 1.54) is 6.07 Å². The van der Waals surface area contributed by atoms with Crippen molar-refractivity contribution >= 4 is 31.6 Å². The monoisotopic (exact) mass is 372 g/mol. The second-order valence-electron chi connectivity index (χ2n) is 4.95. The third kappa shape index (κ3) is 3.87. The number of furan rings is 1. The summed E-state index contributed by atoms with van der Waals surface area (Å²) in [6, 6.07) is 6.46. The first-order chi connectivity index (χ1) is 9.79. The van der Waals surface area contributed by atoms with E-state index in [0.717, 1.165) is 5.76 Å². The Kier molecular flexibility index (Phi) is 4.75. The molecule has 2 rings (SSSR count). The molecule has 7 heteroatoms. The number of sulfonamides is 1. The zero-order valence-corrected chi connectivity index (χ0v) is 14.2. The van der Waals surface area contributed by atoms with Crippen molar-refractivity contribution in [3.8, 4) is 0 Å². The van der Waals surface area contributed by atoms with Crippen molar-refractivity contribution in [2.75, 3.05) is 5.73 Å². The molecular weight excluding hydrogens is 356 g/mol. The Morgan fingerprint density at radius 2 is 2.14 bits per heavy atom. The van der Waals surface area contributed by atoms with Gasteiger partial charge in [-0.2, -0.15) is 0 Å². The van der Waals surface area contributed by atoms with Gasteiger partial charge in [-0.15, -0.1) is 0 Å². The molecule has 0 saturated heterocycles. The fraction of sp³-hybridized carbons (Fsp3) is 0.286. The molecule has 1 unspecified atom stereocenters. The first kappa shape index (κ1) is 16.1. The molecule has 1 aromatic heterocycles. The van der Waals surface area contributed by atoms with Crippen LogP contribution in [0.4, 0.5) is 5.69 Å². The lowest BCUT2D eigenvalue weighted by molar-refractivity contribution is 0.479. The molecule has 0 aliphatic carbocycles. The average Bonchev–Trinajstić information content (AvgIpc) is 2.85. The summed E-state index contributed by atoms with van der Waals surface area (Å²) in [6.45, 7) is 3.52. The van der Waals surface area contributed by atoms with Gasteiger partial charge in [-0.1, -0.05) is 0 Å². The van der Waals surface area contributed by atoms with Gasteiger partial charge in [0, 0.05) is 22.6 Å². The SMILES string of the molecule is Cc1cc(Br)c(N)cc1S(=O)(=O)NC(C)Cc1ccco1. The molecule has 21 heavy (non-hydrogen) atoms. The molecule has 114 valence electrons. The summed E-state index contributed by atoms with van der Waals surface area (Å²) in [5.74, 6) is 0.734. The Morgan fingerprint density at radius 3 is 2.76 bits per heavy atom. The predicted octanol–water partition coefficient (Wildman–Crippen LogP) is 2.84. The molecule has 0 aliphatic rings. The topological polar surface area (TPSA) is 85.3 Å². The summed E-state index contributed by atoms with van der Waals surface area (Å²) in [6.07, 6.45) is 2.05. The number of anilines is 1. The molecule has 0 saturated carbocycles. The average molecular weight is 373 g/mol. The van der Waals surface area contributed by atoms with Crippen LogP contribution in [0.5, 0.6) is 0 Å². The number of nitrogen functional groups attached to an aromatic ring is 1. The van der Waals surface area contributed by atoms with Crippen LogP contribution >= 0.6 is 15.9 Å². The minimum Gasteiger partial charge on any atom is -0.469 e. The highest BCUT2D eigenvalue weighted by atomic mass is 79.9. The maximum absolute atomic E-state index is 12.4. The highest BCUT2D eigenvalue weighted by Crippen LogP contribution is 2.26. The van der Waals surface area contributed by atoms with Gasteiger partial charge in [0.05, 0.1) is 11.2 Å². The lowest BCUT2D eigenvalue weighted by Gasteiger charge is -2.15. The van der Waals surface area contributed by atoms with Gasteiger partial charge >= 0.3 is 0 Å². The van der Waals surface area contributed by atoms with Gasteiger partial charge in [0.25, 0.3) is 0 Å². The van der Waals surface area contributed by atoms with Crippen molar-refractivity contribution in [1.29, 1.82) is 0 Å². The zero-order chi connectivity index (χ0) is 15.6. The molecular formula is C14H17BrN2O3S. The Balaban J connectivity index is 2.20. The van der Waals surface area contributed by atoms with E-state index in [1.807, 2.05) is 6.07 Å². The van der Waals surface area contributed by atoms with E-state index in [0.29, 0.717) is 22.1 Å². The fourth-order valence-electron chi connectivity index (χ4n) is 2.06. The standard InChI is InChI=1S/C14H17BrN2O3S/c1-9-6-12(15)13(16)8-14(9)21(18,19)17-10(2)7-11-4-3-5-20-11/h3-6,8,10,17H,7,16H2,1-2H3. The summed E-state index contributed by atoms with van der Waals surface area (Å²) in [4.78, 5) is 0.189. The van der Waals surface area contributed by atoms with Crippen molar-refractivity contribution in [2.45, 2.75) is 31.2 Å². The number of benzene rings is 1. The van der Waals surface area contributed by atoms with Crippen LogP contribution in [0.1, 0.15) is 18.2 Å². The number of hydrogen-bond acceptors (Lipinski definition) is 4. The number of rotatable bonds is 5. The number of nitrogens with two attached hydrogens (primary N) is 1. The molecule has 5 nitrogen and oxygen atoms in total. The first-order valence-corrected chi connectivity index (χ1v) is 8.67. The van der Waals surface area contributed by atoms with Gasteiger partial charge in [-0.25, -0.2) is 13.1 Å². The summed E-state index contributed by atoms with van der Waals surface area (Å²) in [5.41, 5.74) is 6.79. The van der Waals surface area contributed by atoms with Gasteiger partial charge in [-0.3, -0.25) is 0 Å². The minimum absolute atomic E-state index is 0.189. The number of nitrogens with one attached hydrogen (secondary N) is 1. The van der Waals surface area contributed by atoms with Crippen molar-refractivity contribution < 1.29 is 12.8 Å². The molecule has 1 aromatic carbocycles. The second-order valence-corrected chi connectivity index (χ2v) is 7.48. The molecule has 0 bridgehead atoms. The normalized spacial score (nSPS) is 13.3. The minimum atomic E-state index is -3.63. The maximum atomic E-state index is 12.4. The van der Waals surface area contributed by atoms with Crippen LogP contribution in [0.25, 0.3) is 0 Å². The zero-order valence-electron chi connectivity index (χ0n) is 11.8. The first-order valence-electron chi connectivity index (χ1n) is 6.40. The molecule has 1 atom stereocenters. The molecule has 3 N–H and O–H groups in total. The van der Waals surface area contributed by atoms with E-state index >= 15 is 0 Å². The van der Waals surface area contributed by atoms with Gasteiger partial charge in [0.1, 0.15) is 5.76 Å². The number of hydrogen-bond donors (Lipinski definition) is 2. The lowest BCUT2D eigenvalue weighted by atomic mass is 10.2. The lowest BCUT2D eigenvalue weighted by Crippen LogP contribution is -2.34. The highest BCUT2D eigenvalue weighted by molar-refractivity contribution is 9.10. The smallest absolute Gasteiger partial charge is 0.241 e. The van der Waals surface area contributed by atoms with E-state index in [9.17, 15) is 8.42 Å². The van der Waals surface area contributed by atoms with Gasteiger partial charge < -0.3 is 10.2 Å². The second kappa shape index (κ2) is 6.21. The molecule has 0 spiro atoms. The molecule has 2 aromatic rings. The van der Waals surface area contributed by atoms with Crippen LogP contribution in [0.2, 0.25) is 0 Å². The van der Waals surface area contributed by atoms with Crippen LogP contribution in [-0.2, 0) is 16.4 Å². The van der Waals surface area contributed by atoms with Gasteiger partial charge in [0.15, 0.2) is 0 Å². The quantitative estimate of drug-likeness (QED) is 0.790. The Labute approximate surface area is 132 Å². The molecule has 1 heterocycles. The van der Waals surface area contributed by atoms with Gasteiger partial charge in [-0.05, 0) is 59.6 Å². The molecule has 0 radical (unpaired) electrons. The van der Waals surface area contributed by atoms with E-state index in [4.69, 9.17) is 10.2 Å². The van der Waals surface area contributed by atoms with Crippen molar-refractivity contribution in [2.24, 2.45) is 0 Å². The Hall–Kier alpha value is -1.31. The third-order valence-corrected chi connectivity index (χ3v) is 5.45. The van der Waals surface area contributed by atoms with E-state index in [-0.39, 0.29) is 10.9 Å². The van der Waals surface area contributed by atoms with Crippen molar-refractivity contribution in [3.63, 3.8) is 0 Å². The maximum Gasteiger partial charge on any atom is 0.241 e. The number of aryl methyl sites for hydroxylation is 1. The predicted molar refractivity (Wildman–Crippen MR) is 85.5 cm³/mol. The summed E-state index contributed by atoms with van der Waals surface area (Å²) in [5, 5.41) is 0. The highest BCUT2D eigenvalue weighted by Gasteiger charge is 2.21. The summed E-state index contributed by atoms with van der Waals surface area (Å²) in [7, 11) is -3.63. The fourth-order valence-corrected chi connectivity index (χ4v) is 4.02. The van der Waals surface area contributed by atoms with E-state index in [2.05, 4.69) is 20.7 Å². The van der Waals surface area contributed by atoms with E-state index in [1.54, 1.807) is 32.2 Å². The van der Waals surface area contributed by atoms with Crippen LogP contribution in [0, 0.1) is 6.92 Å². The molecule has 0 amide bonds. The van der Waals surface area contributed by atoms with Crippen LogP contribution in [-0.4, -0.2) is 14.5 Å². The van der Waals surface area contributed by atoms with Crippen molar-refractivity contribution in [1.82, 2.24) is 4.72 Å².